The maximum Gasteiger partial charge on any atom is 0.232 e. The molecule has 2 aromatic heterocycles. The minimum absolute atomic E-state index is 0.148. The smallest absolute Gasteiger partial charge is 0.232 e. The van der Waals surface area contributed by atoms with Crippen molar-refractivity contribution in [3.63, 3.8) is 0 Å². The zero-order valence-corrected chi connectivity index (χ0v) is 10.3. The summed E-state index contributed by atoms with van der Waals surface area (Å²) in [5, 5.41) is 23.1. The second kappa shape index (κ2) is 3.45. The summed E-state index contributed by atoms with van der Waals surface area (Å²) in [5.74, 6) is 0.493. The molecule has 0 unspecified atom stereocenters. The molecule has 17 heavy (non-hydrogen) atoms. The summed E-state index contributed by atoms with van der Waals surface area (Å²) in [7, 11) is 0. The van der Waals surface area contributed by atoms with Gasteiger partial charge in [-0.15, -0.1) is 5.10 Å². The van der Waals surface area contributed by atoms with Gasteiger partial charge in [0.25, 0.3) is 0 Å². The number of aromatic nitrogens is 3. The van der Waals surface area contributed by atoms with Gasteiger partial charge in [0.15, 0.2) is 11.5 Å². The number of nitrogens with zero attached hydrogens (tertiary/aromatic N) is 4. The standard InChI is InChI=1S/C12H14N4O/c1-7-5-9-14-11(12(2,3)4)15-16(9)10(17)8(7)6-13/h5,17H,1-4H3. The molecule has 0 amide bonds. The number of hydrogen-bond donors (Lipinski definition) is 1. The van der Waals surface area contributed by atoms with Crippen molar-refractivity contribution in [2.24, 2.45) is 0 Å². The largest absolute Gasteiger partial charge is 0.492 e. The van der Waals surface area contributed by atoms with Crippen molar-refractivity contribution in [2.45, 2.75) is 33.1 Å². The van der Waals surface area contributed by atoms with Gasteiger partial charge in [0.2, 0.25) is 5.88 Å². The molecule has 5 heteroatoms. The second-order valence-electron chi connectivity index (χ2n) is 5.09. The minimum Gasteiger partial charge on any atom is -0.492 e. The normalized spacial score (nSPS) is 11.7. The van der Waals surface area contributed by atoms with Crippen molar-refractivity contribution < 1.29 is 5.11 Å². The Kier molecular flexibility index (Phi) is 2.32. The lowest BCUT2D eigenvalue weighted by Crippen LogP contribution is -2.13. The molecule has 0 aliphatic rings. The Hall–Kier alpha value is -2.09. The first-order chi connectivity index (χ1) is 7.84. The van der Waals surface area contributed by atoms with E-state index < -0.39 is 0 Å². The molecule has 0 atom stereocenters. The van der Waals surface area contributed by atoms with Crippen molar-refractivity contribution in [1.82, 2.24) is 14.6 Å². The Bertz CT molecular complexity index is 628. The van der Waals surface area contributed by atoms with Crippen LogP contribution in [0.2, 0.25) is 0 Å². The Morgan fingerprint density at radius 3 is 2.59 bits per heavy atom. The summed E-state index contributed by atoms with van der Waals surface area (Å²) in [6.45, 7) is 7.76. The van der Waals surface area contributed by atoms with Crippen LogP contribution in [0, 0.1) is 18.3 Å². The summed E-state index contributed by atoms with van der Waals surface area (Å²) in [6.07, 6.45) is 0. The molecule has 2 rings (SSSR count). The fourth-order valence-electron chi connectivity index (χ4n) is 1.58. The lowest BCUT2D eigenvalue weighted by atomic mass is 9.96. The fraction of sp³-hybridized carbons (Fsp3) is 0.417. The van der Waals surface area contributed by atoms with Gasteiger partial charge in [0.05, 0.1) is 0 Å². The molecule has 0 saturated heterocycles. The maximum absolute atomic E-state index is 9.95. The zero-order valence-electron chi connectivity index (χ0n) is 10.3. The van der Waals surface area contributed by atoms with Gasteiger partial charge in [0, 0.05) is 5.41 Å². The van der Waals surface area contributed by atoms with E-state index in [1.165, 1.54) is 4.52 Å². The highest BCUT2D eigenvalue weighted by Crippen LogP contribution is 2.25. The molecule has 2 aromatic rings. The van der Waals surface area contributed by atoms with Gasteiger partial charge in [-0.05, 0) is 18.6 Å². The van der Waals surface area contributed by atoms with E-state index in [9.17, 15) is 5.11 Å². The molecule has 0 saturated carbocycles. The lowest BCUT2D eigenvalue weighted by molar-refractivity contribution is 0.431. The van der Waals surface area contributed by atoms with E-state index in [2.05, 4.69) is 10.1 Å². The highest BCUT2D eigenvalue weighted by molar-refractivity contribution is 5.54. The average molecular weight is 230 g/mol. The Morgan fingerprint density at radius 1 is 1.41 bits per heavy atom. The van der Waals surface area contributed by atoms with E-state index in [1.54, 1.807) is 13.0 Å². The number of fused-ring (bicyclic) bond motifs is 1. The summed E-state index contributed by atoms with van der Waals surface area (Å²) in [5.41, 5.74) is 1.30. The maximum atomic E-state index is 9.95. The molecule has 5 nitrogen and oxygen atoms in total. The third-order valence-corrected chi connectivity index (χ3v) is 2.58. The van der Waals surface area contributed by atoms with E-state index >= 15 is 0 Å². The second-order valence-corrected chi connectivity index (χ2v) is 5.09. The highest BCUT2D eigenvalue weighted by Gasteiger charge is 2.22. The molecule has 2 heterocycles. The van der Waals surface area contributed by atoms with Crippen LogP contribution in [-0.4, -0.2) is 19.7 Å². The SMILES string of the molecule is Cc1cc2nc(C(C)(C)C)nn2c(O)c1C#N. The fourth-order valence-corrected chi connectivity index (χ4v) is 1.58. The summed E-state index contributed by atoms with van der Waals surface area (Å²) < 4.78 is 1.31. The Balaban J connectivity index is 2.80. The molecule has 0 aliphatic carbocycles. The Labute approximate surface area is 99.3 Å². The quantitative estimate of drug-likeness (QED) is 0.750. The Morgan fingerprint density at radius 2 is 2.06 bits per heavy atom. The van der Waals surface area contributed by atoms with Gasteiger partial charge in [-0.25, -0.2) is 4.98 Å². The third kappa shape index (κ3) is 1.72. The highest BCUT2D eigenvalue weighted by atomic mass is 16.3. The number of hydrogen-bond acceptors (Lipinski definition) is 4. The molecular formula is C12H14N4O. The van der Waals surface area contributed by atoms with E-state index in [-0.39, 0.29) is 16.9 Å². The number of aryl methyl sites for hydroxylation is 1. The first kappa shape index (κ1) is 11.4. The van der Waals surface area contributed by atoms with Crippen molar-refractivity contribution in [2.75, 3.05) is 0 Å². The number of rotatable bonds is 0. The number of pyridine rings is 1. The molecule has 0 aromatic carbocycles. The van der Waals surface area contributed by atoms with Crippen molar-refractivity contribution in [3.05, 3.63) is 23.0 Å². The van der Waals surface area contributed by atoms with Crippen LogP contribution in [0.5, 0.6) is 5.88 Å². The number of aromatic hydroxyl groups is 1. The van der Waals surface area contributed by atoms with Gasteiger partial charge in [-0.2, -0.15) is 9.78 Å². The van der Waals surface area contributed by atoms with E-state index in [4.69, 9.17) is 5.26 Å². The van der Waals surface area contributed by atoms with E-state index in [1.807, 2.05) is 26.8 Å². The monoisotopic (exact) mass is 230 g/mol. The van der Waals surface area contributed by atoms with Crippen LogP contribution in [0.4, 0.5) is 0 Å². The predicted molar refractivity (Wildman–Crippen MR) is 62.8 cm³/mol. The summed E-state index contributed by atoms with van der Waals surface area (Å²) in [4.78, 5) is 4.36. The molecule has 0 aliphatic heterocycles. The van der Waals surface area contributed by atoms with Gasteiger partial charge < -0.3 is 5.11 Å². The van der Waals surface area contributed by atoms with Gasteiger partial charge in [0.1, 0.15) is 11.6 Å². The number of nitriles is 1. The molecule has 0 bridgehead atoms. The first-order valence-electron chi connectivity index (χ1n) is 5.34. The van der Waals surface area contributed by atoms with Crippen LogP contribution >= 0.6 is 0 Å². The molecular weight excluding hydrogens is 216 g/mol. The van der Waals surface area contributed by atoms with E-state index in [0.29, 0.717) is 17.0 Å². The van der Waals surface area contributed by atoms with Crippen LogP contribution in [0.15, 0.2) is 6.07 Å². The van der Waals surface area contributed by atoms with Crippen molar-refractivity contribution in [1.29, 1.82) is 5.26 Å². The van der Waals surface area contributed by atoms with Crippen LogP contribution < -0.4 is 0 Å². The summed E-state index contributed by atoms with van der Waals surface area (Å²) in [6, 6.07) is 3.72. The van der Waals surface area contributed by atoms with Crippen LogP contribution in [0.3, 0.4) is 0 Å². The topological polar surface area (TPSA) is 74.2 Å². The molecule has 0 radical (unpaired) electrons. The van der Waals surface area contributed by atoms with Crippen molar-refractivity contribution >= 4 is 5.65 Å². The van der Waals surface area contributed by atoms with Crippen LogP contribution in [0.1, 0.15) is 37.7 Å². The molecule has 0 spiro atoms. The molecule has 88 valence electrons. The average Bonchev–Trinajstić information content (AvgIpc) is 2.61. The van der Waals surface area contributed by atoms with Crippen molar-refractivity contribution in [3.8, 4) is 11.9 Å². The molecule has 0 fully saturated rings. The lowest BCUT2D eigenvalue weighted by Gasteiger charge is -2.11. The van der Waals surface area contributed by atoms with E-state index in [0.717, 1.165) is 0 Å². The zero-order chi connectivity index (χ0) is 12.8. The predicted octanol–water partition coefficient (Wildman–Crippen LogP) is 1.91. The van der Waals surface area contributed by atoms with Gasteiger partial charge in [-0.1, -0.05) is 20.8 Å². The third-order valence-electron chi connectivity index (χ3n) is 2.58. The van der Waals surface area contributed by atoms with Crippen LogP contribution in [0.25, 0.3) is 5.65 Å². The summed E-state index contributed by atoms with van der Waals surface area (Å²) >= 11 is 0. The van der Waals surface area contributed by atoms with Gasteiger partial charge in [-0.3, -0.25) is 0 Å². The minimum atomic E-state index is -0.195. The van der Waals surface area contributed by atoms with Crippen LogP contribution in [-0.2, 0) is 5.41 Å². The first-order valence-corrected chi connectivity index (χ1v) is 5.34. The van der Waals surface area contributed by atoms with Gasteiger partial charge >= 0.3 is 0 Å². The molecule has 1 N–H and O–H groups in total.